The Kier molecular flexibility index (Phi) is 12.4. The van der Waals surface area contributed by atoms with Crippen molar-refractivity contribution in [3.63, 3.8) is 0 Å². The van der Waals surface area contributed by atoms with Crippen molar-refractivity contribution in [3.05, 3.63) is 0 Å². The summed E-state index contributed by atoms with van der Waals surface area (Å²) in [4.78, 5) is 13.2. The molecule has 2 N–H and O–H groups in total. The first-order valence-corrected chi connectivity index (χ1v) is 15.5. The smallest absolute Gasteiger partial charge is 0.139 e. The van der Waals surface area contributed by atoms with Crippen molar-refractivity contribution in [2.75, 3.05) is 6.54 Å². The summed E-state index contributed by atoms with van der Waals surface area (Å²) < 4.78 is 0. The molecular formula is C31H58N2O. The van der Waals surface area contributed by atoms with Crippen LogP contribution in [0.25, 0.3) is 0 Å². The number of unbranched alkanes of at least 4 members (excludes halogenated alkanes) is 13. The third kappa shape index (κ3) is 8.91. The molecule has 1 heterocycles. The van der Waals surface area contributed by atoms with Crippen molar-refractivity contribution in [2.24, 2.45) is 17.3 Å². The molecule has 0 amide bonds. The summed E-state index contributed by atoms with van der Waals surface area (Å²) in [5, 5.41) is 7.93. The second-order valence-electron chi connectivity index (χ2n) is 12.9. The van der Waals surface area contributed by atoms with Crippen molar-refractivity contribution in [3.8, 4) is 0 Å². The second kappa shape index (κ2) is 15.0. The van der Waals surface area contributed by atoms with Crippen LogP contribution in [-0.4, -0.2) is 30.5 Å². The standard InChI is InChI=1S/C31H58N2O/c1-4-5-6-7-8-9-10-11-12-13-14-15-16-19-22-32-30-25-20-17-18-21-26(25)33-27-23-31(2,3)24-28(34)29(27)30/h25-27,29-30,32-33H,4-24H2,1-3H3. The third-order valence-corrected chi connectivity index (χ3v) is 9.24. The molecule has 1 saturated heterocycles. The molecule has 0 bridgehead atoms. The zero-order chi connectivity index (χ0) is 24.2. The highest BCUT2D eigenvalue weighted by molar-refractivity contribution is 5.84. The first-order chi connectivity index (χ1) is 16.5. The van der Waals surface area contributed by atoms with Gasteiger partial charge < -0.3 is 10.6 Å². The fourth-order valence-corrected chi connectivity index (χ4v) is 7.43. The minimum atomic E-state index is 0.159. The van der Waals surface area contributed by atoms with Crippen LogP contribution < -0.4 is 10.6 Å². The number of nitrogens with one attached hydrogen (secondary N) is 2. The molecule has 0 radical (unpaired) electrons. The van der Waals surface area contributed by atoms with Crippen LogP contribution in [0.1, 0.15) is 149 Å². The van der Waals surface area contributed by atoms with Gasteiger partial charge in [-0.3, -0.25) is 4.79 Å². The lowest BCUT2D eigenvalue weighted by molar-refractivity contribution is -0.134. The maximum Gasteiger partial charge on any atom is 0.139 e. The lowest BCUT2D eigenvalue weighted by Gasteiger charge is -2.54. The van der Waals surface area contributed by atoms with E-state index in [4.69, 9.17) is 0 Å². The number of carbonyl (C=O) groups excluding carboxylic acids is 1. The van der Waals surface area contributed by atoms with E-state index in [0.717, 1.165) is 19.4 Å². The highest BCUT2D eigenvalue weighted by Gasteiger charge is 2.51. The predicted octanol–water partition coefficient (Wildman–Crippen LogP) is 7.96. The van der Waals surface area contributed by atoms with Crippen LogP contribution in [-0.2, 0) is 4.79 Å². The van der Waals surface area contributed by atoms with Gasteiger partial charge in [0, 0.05) is 30.5 Å². The molecule has 0 aromatic heterocycles. The van der Waals surface area contributed by atoms with Crippen molar-refractivity contribution < 1.29 is 4.79 Å². The number of rotatable bonds is 16. The van der Waals surface area contributed by atoms with Gasteiger partial charge in [-0.1, -0.05) is 117 Å². The van der Waals surface area contributed by atoms with Gasteiger partial charge in [0.1, 0.15) is 5.78 Å². The highest BCUT2D eigenvalue weighted by Crippen LogP contribution is 2.44. The first-order valence-electron chi connectivity index (χ1n) is 15.5. The zero-order valence-corrected chi connectivity index (χ0v) is 23.1. The molecule has 1 aliphatic heterocycles. The summed E-state index contributed by atoms with van der Waals surface area (Å²) in [6.45, 7) is 7.97. The van der Waals surface area contributed by atoms with E-state index in [1.54, 1.807) is 0 Å². The molecule has 2 saturated carbocycles. The zero-order valence-electron chi connectivity index (χ0n) is 23.1. The Labute approximate surface area is 212 Å². The summed E-state index contributed by atoms with van der Waals surface area (Å²) >= 11 is 0. The number of ketones is 1. The summed E-state index contributed by atoms with van der Waals surface area (Å²) in [5.41, 5.74) is 0.159. The Morgan fingerprint density at radius 1 is 0.794 bits per heavy atom. The maximum atomic E-state index is 13.2. The number of fused-ring (bicyclic) bond motifs is 2. The summed E-state index contributed by atoms with van der Waals surface area (Å²) in [7, 11) is 0. The Morgan fingerprint density at radius 2 is 1.35 bits per heavy atom. The van der Waals surface area contributed by atoms with E-state index in [-0.39, 0.29) is 11.3 Å². The molecule has 5 unspecified atom stereocenters. The van der Waals surface area contributed by atoms with E-state index in [2.05, 4.69) is 31.4 Å². The molecule has 0 aromatic rings. The van der Waals surface area contributed by atoms with E-state index in [1.165, 1.54) is 116 Å². The average Bonchev–Trinajstić information content (AvgIpc) is 2.80. The molecule has 3 heteroatoms. The monoisotopic (exact) mass is 474 g/mol. The summed E-state index contributed by atoms with van der Waals surface area (Å²) in [6.07, 6.45) is 27.0. The maximum absolute atomic E-state index is 13.2. The van der Waals surface area contributed by atoms with Gasteiger partial charge in [-0.05, 0) is 43.6 Å². The molecule has 0 aromatic carbocycles. The molecule has 34 heavy (non-hydrogen) atoms. The quantitative estimate of drug-likeness (QED) is 0.223. The van der Waals surface area contributed by atoms with Gasteiger partial charge in [0.05, 0.1) is 0 Å². The van der Waals surface area contributed by atoms with Crippen LogP contribution in [0, 0.1) is 17.3 Å². The van der Waals surface area contributed by atoms with Crippen LogP contribution in [0.5, 0.6) is 0 Å². The topological polar surface area (TPSA) is 41.1 Å². The molecule has 3 rings (SSSR count). The van der Waals surface area contributed by atoms with E-state index >= 15 is 0 Å². The molecule has 2 aliphatic carbocycles. The van der Waals surface area contributed by atoms with Crippen molar-refractivity contribution in [2.45, 2.75) is 167 Å². The van der Waals surface area contributed by atoms with Crippen LogP contribution in [0.4, 0.5) is 0 Å². The molecule has 3 fully saturated rings. The van der Waals surface area contributed by atoms with E-state index in [9.17, 15) is 4.79 Å². The van der Waals surface area contributed by atoms with Gasteiger partial charge in [-0.2, -0.15) is 0 Å². The summed E-state index contributed by atoms with van der Waals surface area (Å²) in [6, 6.07) is 1.44. The van der Waals surface area contributed by atoms with Crippen LogP contribution in [0.2, 0.25) is 0 Å². The lowest BCUT2D eigenvalue weighted by Crippen LogP contribution is -2.68. The van der Waals surface area contributed by atoms with Gasteiger partial charge in [-0.25, -0.2) is 0 Å². The van der Waals surface area contributed by atoms with Gasteiger partial charge in [-0.15, -0.1) is 0 Å². The predicted molar refractivity (Wildman–Crippen MR) is 146 cm³/mol. The van der Waals surface area contributed by atoms with Crippen LogP contribution in [0.3, 0.4) is 0 Å². The normalized spacial score (nSPS) is 30.7. The van der Waals surface area contributed by atoms with Crippen LogP contribution >= 0.6 is 0 Å². The van der Waals surface area contributed by atoms with Gasteiger partial charge in [0.25, 0.3) is 0 Å². The largest absolute Gasteiger partial charge is 0.313 e. The average molecular weight is 475 g/mol. The molecule has 0 spiro atoms. The number of piperidine rings is 1. The Morgan fingerprint density at radius 3 is 1.97 bits per heavy atom. The summed E-state index contributed by atoms with van der Waals surface area (Å²) in [5.74, 6) is 1.39. The van der Waals surface area contributed by atoms with Crippen LogP contribution in [0.15, 0.2) is 0 Å². The van der Waals surface area contributed by atoms with Crippen molar-refractivity contribution in [1.29, 1.82) is 0 Å². The van der Waals surface area contributed by atoms with E-state index in [1.807, 2.05) is 0 Å². The second-order valence-corrected chi connectivity index (χ2v) is 12.9. The fourth-order valence-electron chi connectivity index (χ4n) is 7.43. The number of carbonyl (C=O) groups is 1. The number of Topliss-reactive ketones (excluding diaryl/α,β-unsaturated/α-hetero) is 1. The molecule has 198 valence electrons. The minimum absolute atomic E-state index is 0.159. The Hall–Kier alpha value is -0.410. The first kappa shape index (κ1) is 28.2. The molecule has 3 aliphatic rings. The highest BCUT2D eigenvalue weighted by atomic mass is 16.1. The van der Waals surface area contributed by atoms with Crippen molar-refractivity contribution >= 4 is 5.78 Å². The Balaban J connectivity index is 1.27. The van der Waals surface area contributed by atoms with E-state index < -0.39 is 0 Å². The molecule has 3 nitrogen and oxygen atoms in total. The fraction of sp³-hybridized carbons (Fsp3) is 0.968. The van der Waals surface area contributed by atoms with Gasteiger partial charge in [0.2, 0.25) is 0 Å². The van der Waals surface area contributed by atoms with Gasteiger partial charge in [0.15, 0.2) is 0 Å². The number of hydrogen-bond donors (Lipinski definition) is 2. The molecule has 5 atom stereocenters. The SMILES string of the molecule is CCCCCCCCCCCCCCCCNC1C2CCCCC2NC2CC(C)(C)CC(=O)C21. The number of hydrogen-bond acceptors (Lipinski definition) is 3. The minimum Gasteiger partial charge on any atom is -0.313 e. The lowest BCUT2D eigenvalue weighted by atomic mass is 9.61. The molecular weight excluding hydrogens is 416 g/mol. The third-order valence-electron chi connectivity index (χ3n) is 9.24. The van der Waals surface area contributed by atoms with Gasteiger partial charge >= 0.3 is 0 Å². The van der Waals surface area contributed by atoms with Crippen molar-refractivity contribution in [1.82, 2.24) is 10.6 Å². The Bertz CT molecular complexity index is 574. The van der Waals surface area contributed by atoms with E-state index in [0.29, 0.717) is 29.8 Å².